The zero-order valence-corrected chi connectivity index (χ0v) is 14.6. The van der Waals surface area contributed by atoms with Crippen molar-refractivity contribution in [3.8, 4) is 0 Å². The van der Waals surface area contributed by atoms with Crippen LogP contribution in [0.25, 0.3) is 0 Å². The summed E-state index contributed by atoms with van der Waals surface area (Å²) >= 11 is 0. The molecule has 134 valence electrons. The van der Waals surface area contributed by atoms with E-state index in [0.29, 0.717) is 19.5 Å². The Bertz CT molecular complexity index is 670. The molecule has 0 saturated carbocycles. The van der Waals surface area contributed by atoms with Crippen molar-refractivity contribution in [2.24, 2.45) is 5.92 Å². The molecule has 1 aromatic carbocycles. The maximum Gasteiger partial charge on any atom is 0.329 e. The molecular formula is C18H24N3O4+. The molecule has 0 unspecified atom stereocenters. The van der Waals surface area contributed by atoms with Crippen LogP contribution in [0, 0.1) is 5.92 Å². The van der Waals surface area contributed by atoms with Crippen molar-refractivity contribution in [3.63, 3.8) is 0 Å². The number of hydrogen-bond donors (Lipinski definition) is 2. The van der Waals surface area contributed by atoms with Gasteiger partial charge >= 0.3 is 12.0 Å². The summed E-state index contributed by atoms with van der Waals surface area (Å²) in [5.41, 5.74) is -0.252. The second-order valence-corrected chi connectivity index (χ2v) is 6.86. The van der Waals surface area contributed by atoms with Gasteiger partial charge in [0.25, 0.3) is 5.91 Å². The summed E-state index contributed by atoms with van der Waals surface area (Å²) in [6, 6.07) is 8.91. The molecule has 2 heterocycles. The Kier molecular flexibility index (Phi) is 4.76. The number of imide groups is 1. The lowest BCUT2D eigenvalue weighted by molar-refractivity contribution is -0.913. The summed E-state index contributed by atoms with van der Waals surface area (Å²) in [7, 11) is 1.40. The van der Waals surface area contributed by atoms with Gasteiger partial charge in [0.05, 0.1) is 26.1 Å². The third-order valence-corrected chi connectivity index (χ3v) is 5.24. The highest BCUT2D eigenvalue weighted by atomic mass is 16.5. The molecule has 0 aromatic heterocycles. The van der Waals surface area contributed by atoms with E-state index in [9.17, 15) is 14.4 Å². The molecule has 7 heteroatoms. The van der Waals surface area contributed by atoms with Crippen LogP contribution in [0.5, 0.6) is 0 Å². The number of amides is 3. The van der Waals surface area contributed by atoms with Crippen molar-refractivity contribution in [2.75, 3.05) is 26.9 Å². The lowest BCUT2D eigenvalue weighted by Crippen LogP contribution is -3.14. The van der Waals surface area contributed by atoms with Crippen LogP contribution >= 0.6 is 0 Å². The molecule has 1 aromatic rings. The smallest absolute Gasteiger partial charge is 0.329 e. The number of methoxy groups -OCH3 is 1. The highest BCUT2D eigenvalue weighted by molar-refractivity contribution is 6.07. The molecule has 2 fully saturated rings. The number of rotatable bonds is 4. The standard InChI is InChI=1S/C18H23N3O4/c1-18(14-6-4-3-5-7-14)16(23)21(17(24)19-18)12-20-10-8-13(9-11-20)15(22)25-2/h3-7,13H,8-12H2,1-2H3,(H,19,24)/p+1/t18-/m1/s1. The number of quaternary nitrogens is 1. The van der Waals surface area contributed by atoms with Gasteiger partial charge < -0.3 is 15.0 Å². The van der Waals surface area contributed by atoms with Gasteiger partial charge in [0.2, 0.25) is 0 Å². The topological polar surface area (TPSA) is 80.2 Å². The number of nitrogens with one attached hydrogen (secondary N) is 2. The van der Waals surface area contributed by atoms with E-state index in [1.54, 1.807) is 6.92 Å². The highest BCUT2D eigenvalue weighted by Gasteiger charge is 2.50. The van der Waals surface area contributed by atoms with E-state index in [-0.39, 0.29) is 23.8 Å². The summed E-state index contributed by atoms with van der Waals surface area (Å²) in [6.07, 6.45) is 1.42. The Balaban J connectivity index is 1.65. The van der Waals surface area contributed by atoms with Crippen LogP contribution in [0.2, 0.25) is 0 Å². The number of piperidine rings is 1. The molecule has 0 radical (unpaired) electrons. The fraction of sp³-hybridized carbons (Fsp3) is 0.500. The zero-order chi connectivity index (χ0) is 18.0. The van der Waals surface area contributed by atoms with Gasteiger partial charge in [-0.1, -0.05) is 30.3 Å². The number of likely N-dealkylation sites (tertiary alicyclic amines) is 1. The zero-order valence-electron chi connectivity index (χ0n) is 14.6. The van der Waals surface area contributed by atoms with E-state index in [0.717, 1.165) is 23.6 Å². The summed E-state index contributed by atoms with van der Waals surface area (Å²) in [5, 5.41) is 2.82. The van der Waals surface area contributed by atoms with Crippen LogP contribution in [0.1, 0.15) is 25.3 Å². The maximum absolute atomic E-state index is 12.9. The number of esters is 1. The molecule has 0 bridgehead atoms. The van der Waals surface area contributed by atoms with Gasteiger partial charge in [-0.15, -0.1) is 0 Å². The lowest BCUT2D eigenvalue weighted by Gasteiger charge is -2.30. The van der Waals surface area contributed by atoms with E-state index < -0.39 is 5.54 Å². The number of carbonyl (C=O) groups is 3. The Morgan fingerprint density at radius 1 is 1.28 bits per heavy atom. The average Bonchev–Trinajstić information content (AvgIpc) is 2.86. The highest BCUT2D eigenvalue weighted by Crippen LogP contribution is 2.28. The van der Waals surface area contributed by atoms with Crippen molar-refractivity contribution in [1.82, 2.24) is 10.2 Å². The van der Waals surface area contributed by atoms with E-state index in [1.807, 2.05) is 30.3 Å². The molecule has 0 aliphatic carbocycles. The molecule has 1 atom stereocenters. The fourth-order valence-corrected chi connectivity index (χ4v) is 3.62. The van der Waals surface area contributed by atoms with Gasteiger partial charge in [-0.3, -0.25) is 9.59 Å². The Labute approximate surface area is 146 Å². The monoisotopic (exact) mass is 346 g/mol. The molecular weight excluding hydrogens is 322 g/mol. The molecule has 3 amide bonds. The van der Waals surface area contributed by atoms with Crippen LogP contribution in [0.3, 0.4) is 0 Å². The number of carbonyl (C=O) groups excluding carboxylic acids is 3. The predicted molar refractivity (Wildman–Crippen MR) is 89.5 cm³/mol. The van der Waals surface area contributed by atoms with Gasteiger partial charge in [-0.05, 0) is 12.5 Å². The average molecular weight is 346 g/mol. The van der Waals surface area contributed by atoms with Crippen LogP contribution in [-0.4, -0.2) is 49.7 Å². The van der Waals surface area contributed by atoms with Gasteiger partial charge in [0.1, 0.15) is 5.54 Å². The molecule has 7 nitrogen and oxygen atoms in total. The number of hydrogen-bond acceptors (Lipinski definition) is 4. The van der Waals surface area contributed by atoms with Gasteiger partial charge in [0, 0.05) is 12.8 Å². The van der Waals surface area contributed by atoms with E-state index in [4.69, 9.17) is 4.74 Å². The second kappa shape index (κ2) is 6.84. The number of nitrogens with zero attached hydrogens (tertiary/aromatic N) is 1. The van der Waals surface area contributed by atoms with E-state index in [2.05, 4.69) is 5.32 Å². The largest absolute Gasteiger partial charge is 0.469 e. The van der Waals surface area contributed by atoms with Crippen molar-refractivity contribution in [2.45, 2.75) is 25.3 Å². The first-order valence-electron chi connectivity index (χ1n) is 8.56. The molecule has 0 spiro atoms. The summed E-state index contributed by atoms with van der Waals surface area (Å²) in [4.78, 5) is 39.3. The van der Waals surface area contributed by atoms with Gasteiger partial charge in [0.15, 0.2) is 6.67 Å². The lowest BCUT2D eigenvalue weighted by atomic mass is 9.92. The Morgan fingerprint density at radius 2 is 1.92 bits per heavy atom. The van der Waals surface area contributed by atoms with Crippen molar-refractivity contribution in [3.05, 3.63) is 35.9 Å². The first-order chi connectivity index (χ1) is 12.0. The first kappa shape index (κ1) is 17.4. The van der Waals surface area contributed by atoms with Crippen LogP contribution in [-0.2, 0) is 19.9 Å². The van der Waals surface area contributed by atoms with Crippen molar-refractivity contribution in [1.29, 1.82) is 0 Å². The molecule has 2 N–H and O–H groups in total. The Hall–Kier alpha value is -2.41. The third-order valence-electron chi connectivity index (χ3n) is 5.24. The summed E-state index contributed by atoms with van der Waals surface area (Å²) in [6.45, 7) is 3.53. The molecule has 2 aliphatic rings. The molecule has 3 rings (SSSR count). The quantitative estimate of drug-likeness (QED) is 0.588. The summed E-state index contributed by atoms with van der Waals surface area (Å²) in [5.74, 6) is -0.483. The number of ether oxygens (including phenoxy) is 1. The second-order valence-electron chi connectivity index (χ2n) is 6.86. The number of benzene rings is 1. The van der Waals surface area contributed by atoms with Crippen molar-refractivity contribution >= 4 is 17.9 Å². The minimum Gasteiger partial charge on any atom is -0.469 e. The maximum atomic E-state index is 12.9. The predicted octanol–water partition coefficient (Wildman–Crippen LogP) is -0.121. The normalized spacial score (nSPS) is 29.4. The van der Waals surface area contributed by atoms with Gasteiger partial charge in [-0.2, -0.15) is 0 Å². The van der Waals surface area contributed by atoms with E-state index >= 15 is 0 Å². The molecule has 2 aliphatic heterocycles. The van der Waals surface area contributed by atoms with Gasteiger partial charge in [-0.25, -0.2) is 9.69 Å². The minimum absolute atomic E-state index is 0.0774. The number of urea groups is 1. The van der Waals surface area contributed by atoms with Crippen LogP contribution in [0.4, 0.5) is 4.79 Å². The first-order valence-corrected chi connectivity index (χ1v) is 8.56. The fourth-order valence-electron chi connectivity index (χ4n) is 3.62. The third kappa shape index (κ3) is 3.24. The van der Waals surface area contributed by atoms with Crippen LogP contribution < -0.4 is 10.2 Å². The Morgan fingerprint density at radius 3 is 2.52 bits per heavy atom. The summed E-state index contributed by atoms with van der Waals surface area (Å²) < 4.78 is 4.79. The van der Waals surface area contributed by atoms with Crippen LogP contribution in [0.15, 0.2) is 30.3 Å². The molecule has 2 saturated heterocycles. The van der Waals surface area contributed by atoms with E-state index in [1.165, 1.54) is 12.0 Å². The SMILES string of the molecule is COC(=O)C1CC[NH+](CN2C(=O)N[C@](C)(c3ccccc3)C2=O)CC1. The minimum atomic E-state index is -1.03. The molecule has 25 heavy (non-hydrogen) atoms. The van der Waals surface area contributed by atoms with Crippen molar-refractivity contribution < 1.29 is 24.0 Å².